The number of hydrogen-bond donors (Lipinski definition) is 1. The summed E-state index contributed by atoms with van der Waals surface area (Å²) in [5.74, 6) is 0.511. The van der Waals surface area contributed by atoms with E-state index in [2.05, 4.69) is 15.0 Å². The summed E-state index contributed by atoms with van der Waals surface area (Å²) in [4.78, 5) is 35.2. The SMILES string of the molecule is CCCOCCn1c(=O)c(=O)[nH]c2ncc(-c3ccc(OC)nc3)cc21. The largest absolute Gasteiger partial charge is 0.481 e. The fraction of sp³-hybridized carbons (Fsp3) is 0.333. The average molecular weight is 356 g/mol. The third kappa shape index (κ3) is 3.65. The van der Waals surface area contributed by atoms with Crippen LogP contribution >= 0.6 is 0 Å². The summed E-state index contributed by atoms with van der Waals surface area (Å²) in [5, 5.41) is 0. The van der Waals surface area contributed by atoms with E-state index in [4.69, 9.17) is 9.47 Å². The van der Waals surface area contributed by atoms with Gasteiger partial charge in [-0.1, -0.05) is 6.92 Å². The summed E-state index contributed by atoms with van der Waals surface area (Å²) >= 11 is 0. The highest BCUT2D eigenvalue weighted by atomic mass is 16.5. The minimum atomic E-state index is -0.695. The van der Waals surface area contributed by atoms with Crippen molar-refractivity contribution in [3.8, 4) is 17.0 Å². The van der Waals surface area contributed by atoms with Crippen molar-refractivity contribution in [2.75, 3.05) is 20.3 Å². The maximum Gasteiger partial charge on any atom is 0.316 e. The van der Waals surface area contributed by atoms with Gasteiger partial charge in [0.15, 0.2) is 5.65 Å². The van der Waals surface area contributed by atoms with E-state index in [0.29, 0.717) is 30.3 Å². The van der Waals surface area contributed by atoms with Gasteiger partial charge >= 0.3 is 11.1 Å². The Morgan fingerprint density at radius 3 is 2.62 bits per heavy atom. The lowest BCUT2D eigenvalue weighted by Gasteiger charge is -2.11. The van der Waals surface area contributed by atoms with Crippen LogP contribution in [0.15, 0.2) is 40.2 Å². The molecule has 8 heteroatoms. The van der Waals surface area contributed by atoms with Crippen LogP contribution in [0.25, 0.3) is 22.3 Å². The van der Waals surface area contributed by atoms with Crippen LogP contribution in [0.3, 0.4) is 0 Å². The Kier molecular flexibility index (Phi) is 5.43. The van der Waals surface area contributed by atoms with Crippen molar-refractivity contribution in [3.63, 3.8) is 0 Å². The number of fused-ring (bicyclic) bond motifs is 1. The first-order valence-electron chi connectivity index (χ1n) is 8.35. The second kappa shape index (κ2) is 7.92. The van der Waals surface area contributed by atoms with Gasteiger partial charge in [0.25, 0.3) is 0 Å². The average Bonchev–Trinajstić information content (AvgIpc) is 2.67. The van der Waals surface area contributed by atoms with Gasteiger partial charge in [-0.25, -0.2) is 9.97 Å². The first-order valence-corrected chi connectivity index (χ1v) is 8.35. The van der Waals surface area contributed by atoms with Crippen LogP contribution in [0.5, 0.6) is 5.88 Å². The molecule has 0 bridgehead atoms. The summed E-state index contributed by atoms with van der Waals surface area (Å²) in [6.45, 7) is 3.25. The zero-order valence-electron chi connectivity index (χ0n) is 14.7. The Balaban J connectivity index is 2.04. The molecule has 3 aromatic rings. The second-order valence-electron chi connectivity index (χ2n) is 5.70. The molecule has 0 unspecified atom stereocenters. The molecule has 0 saturated carbocycles. The normalized spacial score (nSPS) is 11.0. The van der Waals surface area contributed by atoms with Gasteiger partial charge in [-0.3, -0.25) is 14.2 Å². The van der Waals surface area contributed by atoms with E-state index in [1.807, 2.05) is 19.1 Å². The molecule has 3 heterocycles. The lowest BCUT2D eigenvalue weighted by Crippen LogP contribution is -2.37. The zero-order chi connectivity index (χ0) is 18.5. The lowest BCUT2D eigenvalue weighted by molar-refractivity contribution is 0.127. The van der Waals surface area contributed by atoms with E-state index in [0.717, 1.165) is 17.5 Å². The van der Waals surface area contributed by atoms with Crippen molar-refractivity contribution >= 4 is 11.2 Å². The number of nitrogens with one attached hydrogen (secondary N) is 1. The van der Waals surface area contributed by atoms with E-state index >= 15 is 0 Å². The fourth-order valence-electron chi connectivity index (χ4n) is 2.60. The third-order valence-electron chi connectivity index (χ3n) is 3.92. The Hall–Kier alpha value is -3.00. The number of pyridine rings is 2. The summed E-state index contributed by atoms with van der Waals surface area (Å²) in [6, 6.07) is 5.41. The van der Waals surface area contributed by atoms with Gasteiger partial charge in [-0.05, 0) is 18.6 Å². The van der Waals surface area contributed by atoms with Crippen molar-refractivity contribution in [2.45, 2.75) is 19.9 Å². The highest BCUT2D eigenvalue weighted by Crippen LogP contribution is 2.22. The van der Waals surface area contributed by atoms with Crippen molar-refractivity contribution in [2.24, 2.45) is 0 Å². The highest BCUT2D eigenvalue weighted by molar-refractivity contribution is 5.77. The van der Waals surface area contributed by atoms with Crippen molar-refractivity contribution in [1.82, 2.24) is 19.5 Å². The van der Waals surface area contributed by atoms with Crippen LogP contribution in [0.4, 0.5) is 0 Å². The molecule has 0 aliphatic heterocycles. The number of hydrogen-bond acceptors (Lipinski definition) is 6. The van der Waals surface area contributed by atoms with Gasteiger partial charge in [0.05, 0.1) is 19.2 Å². The molecule has 0 spiro atoms. The Morgan fingerprint density at radius 1 is 1.12 bits per heavy atom. The van der Waals surface area contributed by atoms with Gasteiger partial charge in [0.1, 0.15) is 0 Å². The predicted octanol–water partition coefficient (Wildman–Crippen LogP) is 1.58. The van der Waals surface area contributed by atoms with E-state index in [1.165, 1.54) is 4.57 Å². The molecule has 26 heavy (non-hydrogen) atoms. The Bertz CT molecular complexity index is 1010. The van der Waals surface area contributed by atoms with E-state index in [9.17, 15) is 9.59 Å². The molecule has 0 fully saturated rings. The number of H-pyrrole nitrogens is 1. The molecule has 0 radical (unpaired) electrons. The minimum absolute atomic E-state index is 0.283. The van der Waals surface area contributed by atoms with Gasteiger partial charge in [-0.2, -0.15) is 0 Å². The van der Waals surface area contributed by atoms with E-state index < -0.39 is 11.1 Å². The number of nitrogens with zero attached hydrogens (tertiary/aromatic N) is 3. The second-order valence-corrected chi connectivity index (χ2v) is 5.70. The van der Waals surface area contributed by atoms with Crippen LogP contribution in [0.1, 0.15) is 13.3 Å². The third-order valence-corrected chi connectivity index (χ3v) is 3.92. The fourth-order valence-corrected chi connectivity index (χ4v) is 2.60. The molecule has 0 aliphatic rings. The van der Waals surface area contributed by atoms with Gasteiger partial charge < -0.3 is 14.5 Å². The first kappa shape index (κ1) is 17.8. The zero-order valence-corrected chi connectivity index (χ0v) is 14.7. The van der Waals surface area contributed by atoms with E-state index in [-0.39, 0.29) is 6.54 Å². The van der Waals surface area contributed by atoms with Gasteiger partial charge in [-0.15, -0.1) is 0 Å². The summed E-state index contributed by atoms with van der Waals surface area (Å²) in [7, 11) is 1.55. The topological polar surface area (TPSA) is 99.1 Å². The quantitative estimate of drug-likeness (QED) is 0.510. The van der Waals surface area contributed by atoms with Crippen LogP contribution < -0.4 is 15.9 Å². The molecular weight excluding hydrogens is 336 g/mol. The van der Waals surface area contributed by atoms with Crippen molar-refractivity contribution < 1.29 is 9.47 Å². The molecule has 0 atom stereocenters. The molecule has 3 rings (SSSR count). The van der Waals surface area contributed by atoms with Crippen molar-refractivity contribution in [1.29, 1.82) is 0 Å². The number of aromatic amines is 1. The van der Waals surface area contributed by atoms with Crippen LogP contribution in [0.2, 0.25) is 0 Å². The molecule has 0 saturated heterocycles. The molecule has 8 nitrogen and oxygen atoms in total. The molecule has 1 N–H and O–H groups in total. The molecule has 0 aromatic carbocycles. The van der Waals surface area contributed by atoms with Crippen LogP contribution in [-0.4, -0.2) is 39.8 Å². The Morgan fingerprint density at radius 2 is 1.92 bits per heavy atom. The first-order chi connectivity index (χ1) is 12.6. The number of rotatable bonds is 7. The number of ether oxygens (including phenoxy) is 2. The molecular formula is C18H20N4O4. The molecule has 0 aliphatic carbocycles. The van der Waals surface area contributed by atoms with Crippen LogP contribution in [0, 0.1) is 0 Å². The monoisotopic (exact) mass is 356 g/mol. The Labute approximate surface area is 149 Å². The predicted molar refractivity (Wildman–Crippen MR) is 97.5 cm³/mol. The molecule has 3 aromatic heterocycles. The lowest BCUT2D eigenvalue weighted by atomic mass is 10.1. The van der Waals surface area contributed by atoms with E-state index in [1.54, 1.807) is 25.6 Å². The number of aromatic nitrogens is 4. The number of methoxy groups -OCH3 is 1. The van der Waals surface area contributed by atoms with Crippen LogP contribution in [-0.2, 0) is 11.3 Å². The van der Waals surface area contributed by atoms with Crippen molar-refractivity contribution in [3.05, 3.63) is 51.3 Å². The standard InChI is InChI=1S/C18H20N4O4/c1-3-7-26-8-6-22-14-9-13(12-4-5-15(25-2)19-10-12)11-20-16(14)21-17(23)18(22)24/h4-5,9-11H,3,6-8H2,1-2H3,(H,20,21,23). The minimum Gasteiger partial charge on any atom is -0.481 e. The summed E-state index contributed by atoms with van der Waals surface area (Å²) in [5.41, 5.74) is 1.19. The molecule has 0 amide bonds. The maximum atomic E-state index is 12.3. The maximum absolute atomic E-state index is 12.3. The molecule has 136 valence electrons. The van der Waals surface area contributed by atoms with Gasteiger partial charge in [0.2, 0.25) is 5.88 Å². The smallest absolute Gasteiger partial charge is 0.316 e. The van der Waals surface area contributed by atoms with Gasteiger partial charge in [0, 0.05) is 42.7 Å². The summed E-state index contributed by atoms with van der Waals surface area (Å²) < 4.78 is 11.9. The summed E-state index contributed by atoms with van der Waals surface area (Å²) in [6.07, 6.45) is 4.19. The highest BCUT2D eigenvalue weighted by Gasteiger charge is 2.10.